The van der Waals surface area contributed by atoms with Gasteiger partial charge >= 0.3 is 5.97 Å². The molecule has 0 amide bonds. The predicted molar refractivity (Wildman–Crippen MR) is 94.8 cm³/mol. The summed E-state index contributed by atoms with van der Waals surface area (Å²) in [5, 5.41) is 0.123. The molecule has 3 rings (SSSR count). The topological polar surface area (TPSA) is 63.2 Å². The molecule has 0 saturated carbocycles. The molecule has 0 bridgehead atoms. The molecule has 0 aromatic rings. The molecule has 0 aromatic heterocycles. The van der Waals surface area contributed by atoms with Crippen LogP contribution in [0.1, 0.15) is 47.5 Å². The number of carbonyl (C=O) groups excluding carboxylic acids is 1. The molecule has 0 radical (unpaired) electrons. The van der Waals surface area contributed by atoms with Crippen LogP contribution in [-0.2, 0) is 28.2 Å². The molecular weight excluding hydrogens is 340 g/mol. The van der Waals surface area contributed by atoms with Gasteiger partial charge in [0.15, 0.2) is 14.1 Å². The van der Waals surface area contributed by atoms with Crippen LogP contribution in [0.4, 0.5) is 0 Å². The van der Waals surface area contributed by atoms with Crippen molar-refractivity contribution in [3.05, 3.63) is 0 Å². The van der Waals surface area contributed by atoms with Gasteiger partial charge in [-0.25, -0.2) is 0 Å². The van der Waals surface area contributed by atoms with Crippen molar-refractivity contribution >= 4 is 14.3 Å². The Morgan fingerprint density at radius 3 is 2.44 bits per heavy atom. The van der Waals surface area contributed by atoms with Gasteiger partial charge in [-0.1, -0.05) is 20.8 Å². The van der Waals surface area contributed by atoms with E-state index in [0.29, 0.717) is 13.0 Å². The molecule has 25 heavy (non-hydrogen) atoms. The van der Waals surface area contributed by atoms with Gasteiger partial charge in [0.2, 0.25) is 0 Å². The van der Waals surface area contributed by atoms with Crippen LogP contribution >= 0.6 is 0 Å². The zero-order valence-corrected chi connectivity index (χ0v) is 17.5. The number of rotatable bonds is 3. The Morgan fingerprint density at radius 2 is 1.88 bits per heavy atom. The standard InChI is InChI=1S/C18H32O6Si/c1-16(2,3)25(6,7)21-10-13-15-12(22-17(4,5)24-15)8-18(23-13)9-14(19)20-11-18/h12-13,15H,8-11H2,1-7H3/t12-,13+,15-,18?/m0/s1. The molecule has 0 aromatic carbocycles. The SMILES string of the molecule is CC1(C)O[C@H]2[C@H](CC3(COC(=O)C3)O[C@@H]2CO[Si](C)(C)C(C)(C)C)O1. The summed E-state index contributed by atoms with van der Waals surface area (Å²) in [6.07, 6.45) is 0.344. The highest BCUT2D eigenvalue weighted by Crippen LogP contribution is 2.45. The molecule has 6 nitrogen and oxygen atoms in total. The average molecular weight is 373 g/mol. The van der Waals surface area contributed by atoms with Crippen molar-refractivity contribution in [2.45, 2.75) is 95.3 Å². The summed E-state index contributed by atoms with van der Waals surface area (Å²) in [5.74, 6) is -0.858. The third-order valence-electron chi connectivity index (χ3n) is 5.94. The second kappa shape index (κ2) is 6.02. The van der Waals surface area contributed by atoms with Crippen molar-refractivity contribution in [1.29, 1.82) is 0 Å². The van der Waals surface area contributed by atoms with Crippen LogP contribution in [0.25, 0.3) is 0 Å². The van der Waals surface area contributed by atoms with Crippen molar-refractivity contribution in [3.63, 3.8) is 0 Å². The molecule has 0 aliphatic carbocycles. The van der Waals surface area contributed by atoms with Gasteiger partial charge in [0, 0.05) is 6.42 Å². The number of carbonyl (C=O) groups is 1. The van der Waals surface area contributed by atoms with Crippen LogP contribution in [0.3, 0.4) is 0 Å². The summed E-state index contributed by atoms with van der Waals surface area (Å²) < 4.78 is 30.2. The molecule has 144 valence electrons. The fourth-order valence-electron chi connectivity index (χ4n) is 3.56. The number of fused-ring (bicyclic) bond motifs is 1. The van der Waals surface area contributed by atoms with Crippen molar-refractivity contribution in [1.82, 2.24) is 0 Å². The van der Waals surface area contributed by atoms with Gasteiger partial charge in [-0.15, -0.1) is 0 Å². The van der Waals surface area contributed by atoms with Gasteiger partial charge in [-0.05, 0) is 32.0 Å². The lowest BCUT2D eigenvalue weighted by molar-refractivity contribution is -0.197. The average Bonchev–Trinajstić information content (AvgIpc) is 2.94. The summed E-state index contributed by atoms with van der Waals surface area (Å²) in [7, 11) is -1.91. The van der Waals surface area contributed by atoms with Gasteiger partial charge < -0.3 is 23.4 Å². The van der Waals surface area contributed by atoms with E-state index in [-0.39, 0.29) is 42.3 Å². The number of hydrogen-bond acceptors (Lipinski definition) is 6. The summed E-state index contributed by atoms with van der Waals surface area (Å²) >= 11 is 0. The van der Waals surface area contributed by atoms with Crippen LogP contribution in [0, 0.1) is 0 Å². The van der Waals surface area contributed by atoms with Crippen molar-refractivity contribution in [2.75, 3.05) is 13.2 Å². The van der Waals surface area contributed by atoms with Gasteiger partial charge in [0.05, 0.1) is 19.1 Å². The van der Waals surface area contributed by atoms with E-state index >= 15 is 0 Å². The highest BCUT2D eigenvalue weighted by molar-refractivity contribution is 6.74. The summed E-state index contributed by atoms with van der Waals surface area (Å²) in [6.45, 7) is 15.7. The number of esters is 1. The molecule has 3 heterocycles. The van der Waals surface area contributed by atoms with E-state index in [1.807, 2.05) is 13.8 Å². The van der Waals surface area contributed by atoms with Gasteiger partial charge in [-0.2, -0.15) is 0 Å². The third kappa shape index (κ3) is 3.81. The molecule has 3 saturated heterocycles. The maximum Gasteiger partial charge on any atom is 0.308 e. The minimum absolute atomic E-state index is 0.105. The van der Waals surface area contributed by atoms with Crippen LogP contribution < -0.4 is 0 Å². The monoisotopic (exact) mass is 372 g/mol. The molecule has 3 aliphatic rings. The summed E-state index contributed by atoms with van der Waals surface area (Å²) in [6, 6.07) is 0. The Hall–Kier alpha value is -0.473. The first kappa shape index (κ1) is 19.3. The second-order valence-corrected chi connectivity index (χ2v) is 14.4. The molecular formula is C18H32O6Si. The van der Waals surface area contributed by atoms with Crippen molar-refractivity contribution < 1.29 is 28.2 Å². The lowest BCUT2D eigenvalue weighted by atomic mass is 9.87. The van der Waals surface area contributed by atoms with E-state index in [2.05, 4.69) is 33.9 Å². The van der Waals surface area contributed by atoms with E-state index in [0.717, 1.165) is 0 Å². The Balaban J connectivity index is 1.77. The number of hydrogen-bond donors (Lipinski definition) is 0. The summed E-state index contributed by atoms with van der Waals surface area (Å²) in [4.78, 5) is 11.7. The largest absolute Gasteiger partial charge is 0.462 e. The van der Waals surface area contributed by atoms with Gasteiger partial charge in [-0.3, -0.25) is 4.79 Å². The van der Waals surface area contributed by atoms with Crippen molar-refractivity contribution in [2.24, 2.45) is 0 Å². The molecule has 1 unspecified atom stereocenters. The quantitative estimate of drug-likeness (QED) is 0.561. The molecule has 1 spiro atoms. The summed E-state index contributed by atoms with van der Waals surface area (Å²) in [5.41, 5.74) is -0.608. The smallest absolute Gasteiger partial charge is 0.308 e. The minimum atomic E-state index is -1.91. The molecule has 7 heteroatoms. The zero-order valence-electron chi connectivity index (χ0n) is 16.5. The fourth-order valence-corrected chi connectivity index (χ4v) is 4.57. The van der Waals surface area contributed by atoms with Gasteiger partial charge in [0.1, 0.15) is 24.4 Å². The van der Waals surface area contributed by atoms with E-state index in [1.54, 1.807) is 0 Å². The van der Waals surface area contributed by atoms with E-state index in [1.165, 1.54) is 0 Å². The molecule has 4 atom stereocenters. The van der Waals surface area contributed by atoms with E-state index < -0.39 is 19.7 Å². The first-order valence-electron chi connectivity index (χ1n) is 9.16. The number of cyclic esters (lactones) is 1. The number of ether oxygens (including phenoxy) is 4. The lowest BCUT2D eigenvalue weighted by Gasteiger charge is -2.44. The van der Waals surface area contributed by atoms with E-state index in [4.69, 9.17) is 23.4 Å². The zero-order chi connectivity index (χ0) is 18.7. The molecule has 0 N–H and O–H groups in total. The van der Waals surface area contributed by atoms with Crippen LogP contribution in [0.5, 0.6) is 0 Å². The van der Waals surface area contributed by atoms with Gasteiger partial charge in [0.25, 0.3) is 0 Å². The van der Waals surface area contributed by atoms with Crippen molar-refractivity contribution in [3.8, 4) is 0 Å². The normalized spacial score (nSPS) is 38.0. The van der Waals surface area contributed by atoms with Crippen LogP contribution in [0.2, 0.25) is 18.1 Å². The highest BCUT2D eigenvalue weighted by atomic mass is 28.4. The Bertz CT molecular complexity index is 540. The maximum atomic E-state index is 11.7. The lowest BCUT2D eigenvalue weighted by Crippen LogP contribution is -2.56. The highest BCUT2D eigenvalue weighted by Gasteiger charge is 2.58. The predicted octanol–water partition coefficient (Wildman–Crippen LogP) is 3.00. The second-order valence-electron chi connectivity index (χ2n) is 9.59. The maximum absolute atomic E-state index is 11.7. The van der Waals surface area contributed by atoms with Crippen LogP contribution in [0.15, 0.2) is 0 Å². The Kier molecular flexibility index (Phi) is 4.65. The molecule has 3 fully saturated rings. The Labute approximate surface area is 151 Å². The first-order chi connectivity index (χ1) is 11.3. The van der Waals surface area contributed by atoms with Crippen LogP contribution in [-0.4, -0.2) is 57.2 Å². The molecule has 3 aliphatic heterocycles. The first-order valence-corrected chi connectivity index (χ1v) is 12.1. The minimum Gasteiger partial charge on any atom is -0.462 e. The van der Waals surface area contributed by atoms with E-state index in [9.17, 15) is 4.79 Å². The Morgan fingerprint density at radius 1 is 1.20 bits per heavy atom. The fraction of sp³-hybridized carbons (Fsp3) is 0.944. The third-order valence-corrected chi connectivity index (χ3v) is 10.4.